The summed E-state index contributed by atoms with van der Waals surface area (Å²) < 4.78 is 0. The molecule has 0 spiro atoms. The Kier molecular flexibility index (Phi) is 9.09. The Morgan fingerprint density at radius 3 is 2.53 bits per heavy atom. The van der Waals surface area contributed by atoms with Crippen LogP contribution in [0.4, 0.5) is 0 Å². The van der Waals surface area contributed by atoms with Crippen LogP contribution in [0.3, 0.4) is 0 Å². The quantitative estimate of drug-likeness (QED) is 0.329. The molecule has 2 amide bonds. The molecule has 1 aromatic carbocycles. The third kappa shape index (κ3) is 5.44. The van der Waals surface area contributed by atoms with Gasteiger partial charge in [0.05, 0.1) is 24.5 Å². The highest BCUT2D eigenvalue weighted by molar-refractivity contribution is 6.05. The number of aliphatic hydroxyl groups is 2. The van der Waals surface area contributed by atoms with Crippen molar-refractivity contribution in [3.8, 4) is 5.75 Å². The van der Waals surface area contributed by atoms with E-state index in [1.54, 1.807) is 12.1 Å². The average molecular weight is 470 g/mol. The Labute approximate surface area is 203 Å². The second-order valence-corrected chi connectivity index (χ2v) is 9.57. The molecule has 1 aliphatic heterocycles. The molecule has 6 nitrogen and oxygen atoms in total. The Morgan fingerprint density at radius 1 is 1.15 bits per heavy atom. The molecule has 2 aliphatic rings. The molecule has 34 heavy (non-hydrogen) atoms. The number of benzene rings is 1. The highest BCUT2D eigenvalue weighted by atomic mass is 16.3. The lowest BCUT2D eigenvalue weighted by Crippen LogP contribution is -2.39. The molecule has 0 radical (unpaired) electrons. The van der Waals surface area contributed by atoms with Gasteiger partial charge in [-0.2, -0.15) is 0 Å². The maximum Gasteiger partial charge on any atom is 0.233 e. The summed E-state index contributed by atoms with van der Waals surface area (Å²) in [5, 5.41) is 31.4. The van der Waals surface area contributed by atoms with E-state index in [1.807, 2.05) is 26.0 Å². The van der Waals surface area contributed by atoms with Crippen LogP contribution >= 0.6 is 0 Å². The van der Waals surface area contributed by atoms with Gasteiger partial charge in [-0.1, -0.05) is 56.5 Å². The zero-order valence-electron chi connectivity index (χ0n) is 20.7. The number of phenolic OH excluding ortho intramolecular Hbond substituents is 1. The highest BCUT2D eigenvalue weighted by Crippen LogP contribution is 2.47. The monoisotopic (exact) mass is 469 g/mol. The molecule has 3 rings (SSSR count). The lowest BCUT2D eigenvalue weighted by molar-refractivity contribution is -0.140. The smallest absolute Gasteiger partial charge is 0.233 e. The van der Waals surface area contributed by atoms with Crippen LogP contribution in [0.1, 0.15) is 71.3 Å². The van der Waals surface area contributed by atoms with Crippen molar-refractivity contribution in [3.05, 3.63) is 46.5 Å². The molecule has 0 unspecified atom stereocenters. The van der Waals surface area contributed by atoms with Gasteiger partial charge in [0.15, 0.2) is 0 Å². The predicted octanol–water partition coefficient (Wildman–Crippen LogP) is 4.45. The fourth-order valence-electron chi connectivity index (χ4n) is 5.73. The molecular weight excluding hydrogens is 430 g/mol. The average Bonchev–Trinajstić information content (AvgIpc) is 3.06. The predicted molar refractivity (Wildman–Crippen MR) is 133 cm³/mol. The molecule has 1 heterocycles. The van der Waals surface area contributed by atoms with Gasteiger partial charge in [-0.25, -0.2) is 0 Å². The van der Waals surface area contributed by atoms with E-state index < -0.39 is 23.9 Å². The first kappa shape index (κ1) is 26.2. The second-order valence-electron chi connectivity index (χ2n) is 9.57. The van der Waals surface area contributed by atoms with Gasteiger partial charge in [0.25, 0.3) is 0 Å². The van der Waals surface area contributed by atoms with Crippen LogP contribution in [-0.4, -0.2) is 51.3 Å². The number of amides is 2. The molecule has 0 aromatic heterocycles. The van der Waals surface area contributed by atoms with E-state index in [0.29, 0.717) is 38.6 Å². The number of imide groups is 1. The summed E-state index contributed by atoms with van der Waals surface area (Å²) in [7, 11) is 0. The molecule has 1 aliphatic carbocycles. The number of rotatable bonds is 11. The summed E-state index contributed by atoms with van der Waals surface area (Å²) in [4.78, 5) is 27.4. The maximum atomic E-state index is 13.1. The maximum absolute atomic E-state index is 13.1. The number of allylic oxidation sites excluding steroid dienone is 2. The molecule has 6 heteroatoms. The molecule has 1 fully saturated rings. The van der Waals surface area contributed by atoms with Gasteiger partial charge in [-0.3, -0.25) is 14.5 Å². The lowest BCUT2D eigenvalue weighted by Gasteiger charge is -2.36. The van der Waals surface area contributed by atoms with Crippen LogP contribution in [0.2, 0.25) is 0 Å². The normalized spacial score (nSPS) is 24.1. The van der Waals surface area contributed by atoms with E-state index >= 15 is 0 Å². The van der Waals surface area contributed by atoms with E-state index in [0.717, 1.165) is 29.6 Å². The minimum absolute atomic E-state index is 0.130. The number of nitrogens with zero attached hydrogens (tertiary/aromatic N) is 1. The molecule has 3 N–H and O–H groups in total. The van der Waals surface area contributed by atoms with Crippen LogP contribution < -0.4 is 0 Å². The first-order valence-corrected chi connectivity index (χ1v) is 12.7. The number of carbonyl (C=O) groups excluding carboxylic acids is 2. The van der Waals surface area contributed by atoms with Crippen molar-refractivity contribution >= 4 is 17.9 Å². The fourth-order valence-corrected chi connectivity index (χ4v) is 5.73. The van der Waals surface area contributed by atoms with Crippen molar-refractivity contribution < 1.29 is 24.9 Å². The molecule has 1 saturated heterocycles. The Balaban J connectivity index is 1.83. The van der Waals surface area contributed by atoms with Crippen LogP contribution in [0.5, 0.6) is 5.75 Å². The van der Waals surface area contributed by atoms with Crippen LogP contribution in [0.15, 0.2) is 41.0 Å². The highest BCUT2D eigenvalue weighted by Gasteiger charge is 2.54. The number of aromatic hydroxyl groups is 1. The number of hydrogen-bond acceptors (Lipinski definition) is 5. The summed E-state index contributed by atoms with van der Waals surface area (Å²) >= 11 is 0. The Bertz CT molecular complexity index is 950. The zero-order chi connectivity index (χ0) is 24.8. The van der Waals surface area contributed by atoms with Gasteiger partial charge < -0.3 is 15.3 Å². The number of hydrogen-bond donors (Lipinski definition) is 3. The Hall–Kier alpha value is -2.44. The molecule has 0 bridgehead atoms. The summed E-state index contributed by atoms with van der Waals surface area (Å²) in [6, 6.07) is 7.11. The third-order valence-corrected chi connectivity index (χ3v) is 7.26. The number of likely N-dealkylation sites (tertiary alicyclic amines) is 1. The van der Waals surface area contributed by atoms with Crippen molar-refractivity contribution in [3.63, 3.8) is 0 Å². The number of aliphatic hydroxyl groups excluding tert-OH is 2. The fraction of sp³-hybridized carbons (Fsp3) is 0.571. The summed E-state index contributed by atoms with van der Waals surface area (Å²) in [5.74, 6) is -1.64. The first-order valence-electron chi connectivity index (χ1n) is 12.7. The second kappa shape index (κ2) is 11.8. The molecule has 186 valence electrons. The van der Waals surface area contributed by atoms with Gasteiger partial charge in [-0.05, 0) is 61.8 Å². The van der Waals surface area contributed by atoms with Gasteiger partial charge in [0.2, 0.25) is 11.8 Å². The van der Waals surface area contributed by atoms with Gasteiger partial charge in [-0.15, -0.1) is 0 Å². The standard InChI is InChI=1S/C28H39NO5/c1-4-8-18(14-19-9-7-10-21(31)15-19)11-12-24(32)25-20(6-3)16-22-26(23(25)17-30)28(34)29(13-5-2)27(22)33/h7,9-10,14-15,22-24,26,30-32H,4-6,8,11-13,16-17H2,1-3H3/b18-14+/t22-,23+,24-,26-/m1/s1. The largest absolute Gasteiger partial charge is 0.508 e. The molecule has 1 aromatic rings. The zero-order valence-corrected chi connectivity index (χ0v) is 20.7. The van der Waals surface area contributed by atoms with Crippen molar-refractivity contribution in [1.82, 2.24) is 4.90 Å². The topological polar surface area (TPSA) is 98.1 Å². The first-order chi connectivity index (χ1) is 16.4. The van der Waals surface area contributed by atoms with Crippen molar-refractivity contribution in [2.75, 3.05) is 13.2 Å². The Morgan fingerprint density at radius 2 is 1.91 bits per heavy atom. The van der Waals surface area contributed by atoms with Crippen LogP contribution in [-0.2, 0) is 9.59 Å². The molecule has 0 saturated carbocycles. The van der Waals surface area contributed by atoms with E-state index in [1.165, 1.54) is 10.5 Å². The number of carbonyl (C=O) groups is 2. The van der Waals surface area contributed by atoms with Gasteiger partial charge in [0, 0.05) is 12.5 Å². The van der Waals surface area contributed by atoms with Gasteiger partial charge >= 0.3 is 0 Å². The minimum Gasteiger partial charge on any atom is -0.508 e. The van der Waals surface area contributed by atoms with E-state index in [2.05, 4.69) is 13.0 Å². The van der Waals surface area contributed by atoms with Gasteiger partial charge in [0.1, 0.15) is 5.75 Å². The van der Waals surface area contributed by atoms with E-state index in [4.69, 9.17) is 0 Å². The van der Waals surface area contributed by atoms with E-state index in [9.17, 15) is 24.9 Å². The van der Waals surface area contributed by atoms with Crippen LogP contribution in [0.25, 0.3) is 6.08 Å². The van der Waals surface area contributed by atoms with Crippen molar-refractivity contribution in [1.29, 1.82) is 0 Å². The SMILES string of the molecule is CCC/C(=C\c1cccc(O)c1)CC[C@@H](O)C1=C(CC)C[C@H]2C(=O)N(CCC)C(=O)[C@H]2[C@H]1CO. The third-order valence-electron chi connectivity index (χ3n) is 7.26. The number of fused-ring (bicyclic) bond motifs is 1. The van der Waals surface area contributed by atoms with Crippen molar-refractivity contribution in [2.45, 2.75) is 71.8 Å². The summed E-state index contributed by atoms with van der Waals surface area (Å²) in [5.41, 5.74) is 3.87. The molecular formula is C28H39NO5. The summed E-state index contributed by atoms with van der Waals surface area (Å²) in [6.07, 6.45) is 6.16. The van der Waals surface area contributed by atoms with E-state index in [-0.39, 0.29) is 24.2 Å². The summed E-state index contributed by atoms with van der Waals surface area (Å²) in [6.45, 7) is 6.21. The molecule has 4 atom stereocenters. The number of phenols is 1. The lowest BCUT2D eigenvalue weighted by atomic mass is 9.67. The minimum atomic E-state index is -0.777. The van der Waals surface area contributed by atoms with Crippen LogP contribution in [0, 0.1) is 17.8 Å². The van der Waals surface area contributed by atoms with Crippen molar-refractivity contribution in [2.24, 2.45) is 17.8 Å².